The molecule has 0 fully saturated rings. The van der Waals surface area contributed by atoms with Crippen LogP contribution in [0.15, 0.2) is 25.3 Å². The maximum Gasteiger partial charge on any atom is 0.244 e. The molecular weight excluding hydrogens is 146 g/mol. The van der Waals surface area contributed by atoms with Gasteiger partial charge in [-0.25, -0.2) is 0 Å². The molecule has 4 heteroatoms. The molecule has 60 valence electrons. The molecule has 4 nitrogen and oxygen atoms in total. The summed E-state index contributed by atoms with van der Waals surface area (Å²) in [5, 5.41) is 4.72. The molecule has 0 rings (SSSR count). The Balaban J connectivity index is 3.41. The average molecular weight is 156 g/mol. The van der Waals surface area contributed by atoms with E-state index in [0.717, 1.165) is 12.2 Å². The fraction of sp³-hybridized carbons (Fsp3) is 0.143. The first-order chi connectivity index (χ1) is 5.20. The number of carbonyl (C=O) groups is 2. The van der Waals surface area contributed by atoms with E-state index in [1.165, 1.54) is 0 Å². The second-order valence-electron chi connectivity index (χ2n) is 1.67. The van der Waals surface area contributed by atoms with E-state index < -0.39 is 0 Å². The van der Waals surface area contributed by atoms with Gasteiger partial charge in [0.1, 0.15) is 0 Å². The van der Waals surface area contributed by atoms with Gasteiger partial charge in [-0.3, -0.25) is 9.59 Å². The van der Waals surface area contributed by atoms with Gasteiger partial charge in [-0.05, 0) is 12.2 Å². The molecule has 0 atom stereocenters. The highest BCUT2D eigenvalue weighted by molar-refractivity contribution is 5.89. The standard InChI is InChI=1S/C7H10N2O2/c1-3-6(10)8-5-9-7(11)4-2/h3-4H,1-2,5H2,(H,8,10)(H,9,11)/i8+1,9+1. The molecule has 0 aliphatic heterocycles. The molecule has 0 heterocycles. The molecule has 0 bridgehead atoms. The zero-order valence-corrected chi connectivity index (χ0v) is 6.09. The smallest absolute Gasteiger partial charge is 0.244 e. The minimum atomic E-state index is -0.325. The molecule has 0 unspecified atom stereocenters. The second-order valence-corrected chi connectivity index (χ2v) is 1.67. The van der Waals surface area contributed by atoms with E-state index in [1.807, 2.05) is 0 Å². The Morgan fingerprint density at radius 1 is 1.09 bits per heavy atom. The number of amides is 2. The van der Waals surface area contributed by atoms with E-state index in [2.05, 4.69) is 23.8 Å². The van der Waals surface area contributed by atoms with Crippen LogP contribution in [0.25, 0.3) is 0 Å². The third-order valence-electron chi connectivity index (χ3n) is 0.896. The Kier molecular flexibility index (Phi) is 4.47. The van der Waals surface area contributed by atoms with E-state index >= 15 is 0 Å². The lowest BCUT2D eigenvalue weighted by molar-refractivity contribution is -0.118. The first-order valence-electron chi connectivity index (χ1n) is 3.01. The maximum absolute atomic E-state index is 10.5. The van der Waals surface area contributed by atoms with Crippen molar-refractivity contribution in [1.82, 2.24) is 10.6 Å². The van der Waals surface area contributed by atoms with Crippen LogP contribution < -0.4 is 10.6 Å². The van der Waals surface area contributed by atoms with Gasteiger partial charge in [-0.1, -0.05) is 13.2 Å². The van der Waals surface area contributed by atoms with Crippen LogP contribution in [0.3, 0.4) is 0 Å². The average Bonchev–Trinajstić information content (AvgIpc) is 2.04. The molecule has 2 N–H and O–H groups in total. The van der Waals surface area contributed by atoms with Crippen molar-refractivity contribution in [3.8, 4) is 0 Å². The molecule has 0 radical (unpaired) electrons. The van der Waals surface area contributed by atoms with Gasteiger partial charge in [0.25, 0.3) is 0 Å². The van der Waals surface area contributed by atoms with Gasteiger partial charge >= 0.3 is 0 Å². The lowest BCUT2D eigenvalue weighted by atomic mass is 10.6. The van der Waals surface area contributed by atoms with Crippen LogP contribution in [0.5, 0.6) is 0 Å². The van der Waals surface area contributed by atoms with Gasteiger partial charge in [-0.2, -0.15) is 0 Å². The molecular formula is C7H10N2O2. The van der Waals surface area contributed by atoms with Crippen molar-refractivity contribution in [3.05, 3.63) is 25.3 Å². The van der Waals surface area contributed by atoms with E-state index in [0.29, 0.717) is 0 Å². The largest absolute Gasteiger partial charge is 0.335 e. The molecule has 2 amide bonds. The third kappa shape index (κ3) is 4.90. The van der Waals surface area contributed by atoms with Crippen LogP contribution in [-0.4, -0.2) is 18.5 Å². The molecule has 0 saturated heterocycles. The highest BCUT2D eigenvalue weighted by Gasteiger charge is 1.93. The predicted octanol–water partition coefficient (Wildman–Crippen LogP) is -0.452. The Hall–Kier alpha value is -1.58. The molecule has 0 aromatic carbocycles. The Bertz CT molecular complexity index is 167. The van der Waals surface area contributed by atoms with Gasteiger partial charge in [0.15, 0.2) is 0 Å². The zero-order chi connectivity index (χ0) is 8.69. The maximum atomic E-state index is 10.5. The highest BCUT2D eigenvalue weighted by atomic mass is 16.2. The van der Waals surface area contributed by atoms with Gasteiger partial charge in [0.05, 0.1) is 6.67 Å². The van der Waals surface area contributed by atoms with E-state index in [1.54, 1.807) is 0 Å². The Labute approximate surface area is 65.0 Å². The van der Waals surface area contributed by atoms with Crippen LogP contribution in [0.2, 0.25) is 0 Å². The van der Waals surface area contributed by atoms with Crippen LogP contribution >= 0.6 is 0 Å². The highest BCUT2D eigenvalue weighted by Crippen LogP contribution is 1.65. The first-order valence-corrected chi connectivity index (χ1v) is 3.01. The molecule has 0 saturated carbocycles. The SMILES string of the molecule is C=CC(=O)[15NH]C[15NH]C(=O)C=C. The van der Waals surface area contributed by atoms with Crippen molar-refractivity contribution in [2.75, 3.05) is 6.67 Å². The summed E-state index contributed by atoms with van der Waals surface area (Å²) in [5.41, 5.74) is 0. The van der Waals surface area contributed by atoms with Crippen LogP contribution in [0.4, 0.5) is 0 Å². The lowest BCUT2D eigenvalue weighted by Crippen LogP contribution is -2.35. The number of nitrogens with one attached hydrogen (secondary N) is 2. The summed E-state index contributed by atoms with van der Waals surface area (Å²) in [4.78, 5) is 21.0. The van der Waals surface area contributed by atoms with Crippen molar-refractivity contribution in [3.63, 3.8) is 0 Å². The Morgan fingerprint density at radius 3 is 1.73 bits per heavy atom. The van der Waals surface area contributed by atoms with Crippen molar-refractivity contribution >= 4 is 11.8 Å². The topological polar surface area (TPSA) is 58.2 Å². The third-order valence-corrected chi connectivity index (χ3v) is 0.896. The molecule has 0 spiro atoms. The fourth-order valence-corrected chi connectivity index (χ4v) is 0.363. The molecule has 0 aliphatic carbocycles. The number of hydrogen-bond acceptors (Lipinski definition) is 2. The lowest BCUT2D eigenvalue weighted by Gasteiger charge is -2.01. The monoisotopic (exact) mass is 156 g/mol. The summed E-state index contributed by atoms with van der Waals surface area (Å²) in [7, 11) is 0. The zero-order valence-electron chi connectivity index (χ0n) is 6.09. The number of hydrogen-bond donors (Lipinski definition) is 2. The van der Waals surface area contributed by atoms with Crippen LogP contribution in [0, 0.1) is 0 Å². The predicted molar refractivity (Wildman–Crippen MR) is 41.5 cm³/mol. The first kappa shape index (κ1) is 9.42. The summed E-state index contributed by atoms with van der Waals surface area (Å²) < 4.78 is 0. The quantitative estimate of drug-likeness (QED) is 0.329. The van der Waals surface area contributed by atoms with Crippen molar-refractivity contribution in [2.45, 2.75) is 0 Å². The van der Waals surface area contributed by atoms with Crippen molar-refractivity contribution in [2.24, 2.45) is 0 Å². The Morgan fingerprint density at radius 2 is 1.45 bits per heavy atom. The normalized spacial score (nSPS) is 8.00. The second kappa shape index (κ2) is 5.22. The van der Waals surface area contributed by atoms with Gasteiger partial charge in [0, 0.05) is 0 Å². The molecule has 0 aliphatic rings. The van der Waals surface area contributed by atoms with E-state index in [-0.39, 0.29) is 18.5 Å². The summed E-state index contributed by atoms with van der Waals surface area (Å²) in [6, 6.07) is 0. The fourth-order valence-electron chi connectivity index (χ4n) is 0.363. The minimum Gasteiger partial charge on any atom is -0.335 e. The summed E-state index contributed by atoms with van der Waals surface area (Å²) in [6.07, 6.45) is 2.25. The number of rotatable bonds is 4. The van der Waals surface area contributed by atoms with Crippen molar-refractivity contribution < 1.29 is 9.59 Å². The molecule has 0 aromatic rings. The minimum absolute atomic E-state index is 0.0930. The van der Waals surface area contributed by atoms with E-state index in [9.17, 15) is 9.59 Å². The van der Waals surface area contributed by atoms with Crippen LogP contribution in [0.1, 0.15) is 0 Å². The summed E-state index contributed by atoms with van der Waals surface area (Å²) >= 11 is 0. The summed E-state index contributed by atoms with van der Waals surface area (Å²) in [6.45, 7) is 6.56. The van der Waals surface area contributed by atoms with Gasteiger partial charge in [-0.15, -0.1) is 0 Å². The molecule has 0 aromatic heterocycles. The van der Waals surface area contributed by atoms with Gasteiger partial charge in [0.2, 0.25) is 11.8 Å². The van der Waals surface area contributed by atoms with Crippen LogP contribution in [-0.2, 0) is 9.59 Å². The number of carbonyl (C=O) groups excluding carboxylic acids is 2. The van der Waals surface area contributed by atoms with Gasteiger partial charge < -0.3 is 10.6 Å². The molecule has 11 heavy (non-hydrogen) atoms. The van der Waals surface area contributed by atoms with E-state index in [4.69, 9.17) is 0 Å². The van der Waals surface area contributed by atoms with Crippen molar-refractivity contribution in [1.29, 1.82) is 0 Å². The summed E-state index contributed by atoms with van der Waals surface area (Å²) in [5.74, 6) is -0.649.